The third kappa shape index (κ3) is 4.58. The molecule has 19 heavy (non-hydrogen) atoms. The maximum atomic E-state index is 5.67. The molecule has 0 unspecified atom stereocenters. The normalized spacial score (nSPS) is 11.8. The lowest BCUT2D eigenvalue weighted by molar-refractivity contribution is 0.412. The van der Waals surface area contributed by atoms with Gasteiger partial charge in [-0.15, -0.1) is 10.2 Å². The third-order valence-electron chi connectivity index (χ3n) is 2.53. The fourth-order valence-corrected chi connectivity index (χ4v) is 2.18. The molecule has 5 heteroatoms. The predicted octanol–water partition coefficient (Wildman–Crippen LogP) is 3.27. The molecule has 0 atom stereocenters. The number of hydrogen-bond acceptors (Lipinski definition) is 4. The van der Waals surface area contributed by atoms with Crippen molar-refractivity contribution >= 4 is 22.6 Å². The molecule has 1 aromatic heterocycles. The summed E-state index contributed by atoms with van der Waals surface area (Å²) in [6, 6.07) is 8.04. The van der Waals surface area contributed by atoms with Gasteiger partial charge in [-0.1, -0.05) is 6.07 Å². The summed E-state index contributed by atoms with van der Waals surface area (Å²) in [6.45, 7) is 7.24. The molecule has 4 nitrogen and oxygen atoms in total. The number of benzene rings is 1. The highest BCUT2D eigenvalue weighted by Gasteiger charge is 2.11. The summed E-state index contributed by atoms with van der Waals surface area (Å²) in [4.78, 5) is 0. The number of nitrogens with one attached hydrogen (secondary N) is 1. The average Bonchev–Trinajstić information content (AvgIpc) is 2.76. The molecule has 102 valence electrons. The standard InChI is InChI=1S/C14H18IN3O/c1-14(2,3)16-8-7-12-17-18-13(19-12)10-5-4-6-11(15)9-10/h4-6,9,16H,7-8H2,1-3H3. The van der Waals surface area contributed by atoms with Crippen LogP contribution in [0.3, 0.4) is 0 Å². The van der Waals surface area contributed by atoms with E-state index in [1.807, 2.05) is 24.3 Å². The first-order chi connectivity index (χ1) is 8.94. The van der Waals surface area contributed by atoms with Gasteiger partial charge in [-0.2, -0.15) is 0 Å². The molecule has 0 radical (unpaired) electrons. The monoisotopic (exact) mass is 371 g/mol. The lowest BCUT2D eigenvalue weighted by Gasteiger charge is -2.19. The Balaban J connectivity index is 1.99. The topological polar surface area (TPSA) is 51.0 Å². The molecule has 0 saturated heterocycles. The zero-order valence-electron chi connectivity index (χ0n) is 11.4. The zero-order chi connectivity index (χ0) is 13.9. The van der Waals surface area contributed by atoms with E-state index in [1.165, 1.54) is 0 Å². The number of rotatable bonds is 4. The van der Waals surface area contributed by atoms with Gasteiger partial charge in [0.1, 0.15) is 0 Å². The Hall–Kier alpha value is -0.950. The van der Waals surface area contributed by atoms with Crippen LogP contribution >= 0.6 is 22.6 Å². The van der Waals surface area contributed by atoms with Crippen molar-refractivity contribution < 1.29 is 4.42 Å². The first-order valence-corrected chi connectivity index (χ1v) is 7.35. The van der Waals surface area contributed by atoms with Crippen LogP contribution in [0.2, 0.25) is 0 Å². The van der Waals surface area contributed by atoms with Gasteiger partial charge in [-0.25, -0.2) is 0 Å². The van der Waals surface area contributed by atoms with Gasteiger partial charge >= 0.3 is 0 Å². The molecule has 2 aromatic rings. The lowest BCUT2D eigenvalue weighted by atomic mass is 10.1. The van der Waals surface area contributed by atoms with Gasteiger partial charge < -0.3 is 9.73 Å². The quantitative estimate of drug-likeness (QED) is 0.839. The number of halogens is 1. The molecule has 1 aromatic carbocycles. The predicted molar refractivity (Wildman–Crippen MR) is 83.9 cm³/mol. The first-order valence-electron chi connectivity index (χ1n) is 6.27. The summed E-state index contributed by atoms with van der Waals surface area (Å²) >= 11 is 2.27. The molecular formula is C14H18IN3O. The van der Waals surface area contributed by atoms with E-state index in [0.29, 0.717) is 11.8 Å². The van der Waals surface area contributed by atoms with Crippen molar-refractivity contribution in [2.24, 2.45) is 0 Å². The molecule has 0 spiro atoms. The minimum atomic E-state index is 0.110. The SMILES string of the molecule is CC(C)(C)NCCc1nnc(-c2cccc(I)c2)o1. The van der Waals surface area contributed by atoms with Crippen LogP contribution in [0.25, 0.3) is 11.5 Å². The second kappa shape index (κ2) is 6.00. The molecule has 0 aliphatic rings. The van der Waals surface area contributed by atoms with E-state index in [0.717, 1.165) is 22.1 Å². The second-order valence-corrected chi connectivity index (χ2v) is 6.68. The van der Waals surface area contributed by atoms with Gasteiger partial charge in [0.25, 0.3) is 0 Å². The van der Waals surface area contributed by atoms with Crippen molar-refractivity contribution in [1.82, 2.24) is 15.5 Å². The Labute approximate surface area is 127 Å². The molecular weight excluding hydrogens is 353 g/mol. The highest BCUT2D eigenvalue weighted by molar-refractivity contribution is 14.1. The van der Waals surface area contributed by atoms with Crippen LogP contribution in [0.4, 0.5) is 0 Å². The molecule has 2 rings (SSSR count). The van der Waals surface area contributed by atoms with E-state index in [1.54, 1.807) is 0 Å². The van der Waals surface area contributed by atoms with Gasteiger partial charge in [0.05, 0.1) is 0 Å². The maximum Gasteiger partial charge on any atom is 0.247 e. The first kappa shape index (κ1) is 14.5. The van der Waals surface area contributed by atoms with E-state index in [2.05, 4.69) is 58.9 Å². The largest absolute Gasteiger partial charge is 0.421 e. The molecule has 1 heterocycles. The zero-order valence-corrected chi connectivity index (χ0v) is 13.6. The Morgan fingerprint density at radius 1 is 1.26 bits per heavy atom. The van der Waals surface area contributed by atoms with Crippen LogP contribution in [0, 0.1) is 3.57 Å². The van der Waals surface area contributed by atoms with Crippen molar-refractivity contribution in [2.45, 2.75) is 32.7 Å². The van der Waals surface area contributed by atoms with E-state index in [4.69, 9.17) is 4.42 Å². The summed E-state index contributed by atoms with van der Waals surface area (Å²) in [5.41, 5.74) is 1.08. The van der Waals surface area contributed by atoms with Crippen LogP contribution in [-0.4, -0.2) is 22.3 Å². The highest BCUT2D eigenvalue weighted by atomic mass is 127. The number of hydrogen-bond donors (Lipinski definition) is 1. The van der Waals surface area contributed by atoms with Gasteiger partial charge in [0, 0.05) is 27.6 Å². The van der Waals surface area contributed by atoms with Crippen LogP contribution < -0.4 is 5.32 Å². The molecule has 0 bridgehead atoms. The van der Waals surface area contributed by atoms with E-state index in [9.17, 15) is 0 Å². The number of aromatic nitrogens is 2. The van der Waals surface area contributed by atoms with Crippen molar-refractivity contribution in [2.75, 3.05) is 6.54 Å². The van der Waals surface area contributed by atoms with Crippen LogP contribution in [0.15, 0.2) is 28.7 Å². The van der Waals surface area contributed by atoms with Gasteiger partial charge in [0.15, 0.2) is 0 Å². The summed E-state index contributed by atoms with van der Waals surface area (Å²) in [6.07, 6.45) is 0.744. The molecule has 1 N–H and O–H groups in total. The van der Waals surface area contributed by atoms with Crippen molar-refractivity contribution in [3.05, 3.63) is 33.7 Å². The fraction of sp³-hybridized carbons (Fsp3) is 0.429. The van der Waals surface area contributed by atoms with E-state index in [-0.39, 0.29) is 5.54 Å². The Bertz CT molecular complexity index is 546. The maximum absolute atomic E-state index is 5.67. The molecule has 0 saturated carbocycles. The van der Waals surface area contributed by atoms with Crippen LogP contribution in [0.5, 0.6) is 0 Å². The molecule has 0 fully saturated rings. The Morgan fingerprint density at radius 3 is 2.74 bits per heavy atom. The van der Waals surface area contributed by atoms with Crippen molar-refractivity contribution in [1.29, 1.82) is 0 Å². The summed E-state index contributed by atoms with van der Waals surface area (Å²) in [5, 5.41) is 11.6. The van der Waals surface area contributed by atoms with E-state index >= 15 is 0 Å². The highest BCUT2D eigenvalue weighted by Crippen LogP contribution is 2.20. The lowest BCUT2D eigenvalue weighted by Crippen LogP contribution is -2.37. The van der Waals surface area contributed by atoms with Gasteiger partial charge in [-0.05, 0) is 61.6 Å². The summed E-state index contributed by atoms with van der Waals surface area (Å²) in [7, 11) is 0. The van der Waals surface area contributed by atoms with Gasteiger partial charge in [-0.3, -0.25) is 0 Å². The Kier molecular flexibility index (Phi) is 4.57. The fourth-order valence-electron chi connectivity index (χ4n) is 1.64. The smallest absolute Gasteiger partial charge is 0.247 e. The molecule has 0 aliphatic heterocycles. The van der Waals surface area contributed by atoms with Gasteiger partial charge in [0.2, 0.25) is 11.8 Å². The molecule has 0 amide bonds. The third-order valence-corrected chi connectivity index (χ3v) is 3.20. The summed E-state index contributed by atoms with van der Waals surface area (Å²) in [5.74, 6) is 1.26. The minimum Gasteiger partial charge on any atom is -0.421 e. The Morgan fingerprint density at radius 2 is 2.05 bits per heavy atom. The average molecular weight is 371 g/mol. The van der Waals surface area contributed by atoms with Crippen LogP contribution in [0.1, 0.15) is 26.7 Å². The van der Waals surface area contributed by atoms with Crippen molar-refractivity contribution in [3.8, 4) is 11.5 Å². The summed E-state index contributed by atoms with van der Waals surface area (Å²) < 4.78 is 6.83. The van der Waals surface area contributed by atoms with Crippen LogP contribution in [-0.2, 0) is 6.42 Å². The second-order valence-electron chi connectivity index (χ2n) is 5.44. The minimum absolute atomic E-state index is 0.110. The number of nitrogens with zero attached hydrogens (tertiary/aromatic N) is 2. The molecule has 0 aliphatic carbocycles. The van der Waals surface area contributed by atoms with E-state index < -0.39 is 0 Å². The van der Waals surface area contributed by atoms with Crippen molar-refractivity contribution in [3.63, 3.8) is 0 Å².